The lowest BCUT2D eigenvalue weighted by molar-refractivity contribution is -0.0530. The van der Waals surface area contributed by atoms with E-state index < -0.39 is 0 Å². The van der Waals surface area contributed by atoms with E-state index in [9.17, 15) is 0 Å². The molecule has 0 fully saturated rings. The van der Waals surface area contributed by atoms with Gasteiger partial charge in [-0.25, -0.2) is 5.43 Å². The molecule has 82 valence electrons. The van der Waals surface area contributed by atoms with Crippen LogP contribution >= 0.6 is 0 Å². The Bertz CT molecular complexity index is 215. The zero-order chi connectivity index (χ0) is 10.7. The van der Waals surface area contributed by atoms with E-state index in [0.717, 1.165) is 6.42 Å². The minimum Gasteiger partial charge on any atom is -0.377 e. The maximum absolute atomic E-state index is 5.50. The Hall–Kier alpha value is -0.580. The molecule has 1 N–H and O–H groups in total. The summed E-state index contributed by atoms with van der Waals surface area (Å²) in [5.74, 6) is 0. The summed E-state index contributed by atoms with van der Waals surface area (Å²) in [6, 6.07) is 0. The number of methoxy groups -OCH3 is 1. The van der Waals surface area contributed by atoms with Crippen molar-refractivity contribution in [2.45, 2.75) is 25.6 Å². The van der Waals surface area contributed by atoms with Gasteiger partial charge in [-0.05, 0) is 27.4 Å². The van der Waals surface area contributed by atoms with Crippen LogP contribution in [0.25, 0.3) is 0 Å². The number of hydrogen-bond donors (Lipinski definition) is 1. The quantitative estimate of drug-likeness (QED) is 0.721. The van der Waals surface area contributed by atoms with Gasteiger partial charge < -0.3 is 4.74 Å². The average Bonchev–Trinajstić information content (AvgIpc) is 2.15. The fourth-order valence-electron chi connectivity index (χ4n) is 1.95. The Labute approximate surface area is 86.5 Å². The van der Waals surface area contributed by atoms with Crippen LogP contribution in [-0.4, -0.2) is 50.4 Å². The Morgan fingerprint density at radius 3 is 2.64 bits per heavy atom. The second-order valence-corrected chi connectivity index (χ2v) is 3.96. The standard InChI is InChI=1S/C10H21N3O/c1-8-6-9(14-5)10(12(3)4)13(7-8)11-2/h7,9-11H,6H2,1-5H3/t9-,10-/m1/s1. The van der Waals surface area contributed by atoms with E-state index in [0.29, 0.717) is 0 Å². The van der Waals surface area contributed by atoms with E-state index in [1.54, 1.807) is 7.11 Å². The van der Waals surface area contributed by atoms with Gasteiger partial charge in [0, 0.05) is 20.4 Å². The van der Waals surface area contributed by atoms with Crippen molar-refractivity contribution < 1.29 is 4.74 Å². The van der Waals surface area contributed by atoms with Crippen molar-refractivity contribution in [2.75, 3.05) is 28.3 Å². The number of ether oxygens (including phenoxy) is 1. The summed E-state index contributed by atoms with van der Waals surface area (Å²) in [7, 11) is 7.83. The molecule has 0 amide bonds. The molecule has 2 atom stereocenters. The minimum absolute atomic E-state index is 0.224. The molecule has 1 aliphatic heterocycles. The van der Waals surface area contributed by atoms with Crippen molar-refractivity contribution >= 4 is 0 Å². The van der Waals surface area contributed by atoms with Gasteiger partial charge >= 0.3 is 0 Å². The van der Waals surface area contributed by atoms with E-state index in [2.05, 4.69) is 42.6 Å². The molecule has 4 heteroatoms. The molecule has 0 unspecified atom stereocenters. The summed E-state index contributed by atoms with van der Waals surface area (Å²) in [4.78, 5) is 2.16. The number of hydrazine groups is 1. The summed E-state index contributed by atoms with van der Waals surface area (Å²) in [6.45, 7) is 2.13. The molecular weight excluding hydrogens is 178 g/mol. The number of rotatable bonds is 3. The first-order valence-corrected chi connectivity index (χ1v) is 4.92. The average molecular weight is 199 g/mol. The van der Waals surface area contributed by atoms with Crippen molar-refractivity contribution in [3.63, 3.8) is 0 Å². The van der Waals surface area contributed by atoms with Gasteiger partial charge in [-0.1, -0.05) is 5.57 Å². The van der Waals surface area contributed by atoms with E-state index >= 15 is 0 Å². The van der Waals surface area contributed by atoms with Gasteiger partial charge in [0.1, 0.15) is 6.17 Å². The molecule has 4 nitrogen and oxygen atoms in total. The molecule has 0 aromatic carbocycles. The second kappa shape index (κ2) is 4.77. The number of likely N-dealkylation sites (N-methyl/N-ethyl adjacent to an activating group) is 1. The van der Waals surface area contributed by atoms with E-state index in [-0.39, 0.29) is 12.3 Å². The fraction of sp³-hybridized carbons (Fsp3) is 0.800. The number of nitrogens with zero attached hydrogens (tertiary/aromatic N) is 2. The largest absolute Gasteiger partial charge is 0.377 e. The van der Waals surface area contributed by atoms with Crippen LogP contribution in [0.4, 0.5) is 0 Å². The highest BCUT2D eigenvalue weighted by molar-refractivity contribution is 5.06. The molecule has 1 aliphatic rings. The van der Waals surface area contributed by atoms with Crippen molar-refractivity contribution in [1.29, 1.82) is 0 Å². The molecule has 0 spiro atoms. The molecule has 14 heavy (non-hydrogen) atoms. The van der Waals surface area contributed by atoms with Crippen LogP contribution in [0.3, 0.4) is 0 Å². The van der Waals surface area contributed by atoms with Crippen LogP contribution in [-0.2, 0) is 4.74 Å². The molecule has 0 aromatic rings. The second-order valence-electron chi connectivity index (χ2n) is 3.96. The lowest BCUT2D eigenvalue weighted by Gasteiger charge is -2.42. The van der Waals surface area contributed by atoms with Crippen LogP contribution in [0.5, 0.6) is 0 Å². The Morgan fingerprint density at radius 2 is 2.21 bits per heavy atom. The molecule has 0 bridgehead atoms. The van der Waals surface area contributed by atoms with Gasteiger partial charge in [-0.15, -0.1) is 0 Å². The smallest absolute Gasteiger partial charge is 0.123 e. The van der Waals surface area contributed by atoms with Gasteiger partial charge in [0.25, 0.3) is 0 Å². The number of hydrogen-bond acceptors (Lipinski definition) is 4. The highest BCUT2D eigenvalue weighted by Gasteiger charge is 2.31. The third-order valence-electron chi connectivity index (χ3n) is 2.59. The first-order valence-electron chi connectivity index (χ1n) is 4.92. The van der Waals surface area contributed by atoms with Crippen LogP contribution in [0.15, 0.2) is 11.8 Å². The van der Waals surface area contributed by atoms with Gasteiger partial charge in [0.15, 0.2) is 0 Å². The van der Waals surface area contributed by atoms with Gasteiger partial charge in [-0.3, -0.25) is 9.91 Å². The van der Waals surface area contributed by atoms with Crippen molar-refractivity contribution in [3.8, 4) is 0 Å². The molecule has 0 saturated carbocycles. The predicted molar refractivity (Wildman–Crippen MR) is 57.5 cm³/mol. The maximum Gasteiger partial charge on any atom is 0.123 e. The summed E-state index contributed by atoms with van der Waals surface area (Å²) in [5, 5.41) is 2.09. The normalized spacial score (nSPS) is 28.1. The maximum atomic E-state index is 5.50. The highest BCUT2D eigenvalue weighted by atomic mass is 16.5. The van der Waals surface area contributed by atoms with Crippen LogP contribution in [0, 0.1) is 0 Å². The van der Waals surface area contributed by atoms with Crippen molar-refractivity contribution in [2.24, 2.45) is 0 Å². The van der Waals surface area contributed by atoms with Crippen LogP contribution in [0.2, 0.25) is 0 Å². The molecule has 1 rings (SSSR count). The molecule has 0 radical (unpaired) electrons. The van der Waals surface area contributed by atoms with Gasteiger partial charge in [0.2, 0.25) is 0 Å². The van der Waals surface area contributed by atoms with Gasteiger partial charge in [0.05, 0.1) is 6.10 Å². The van der Waals surface area contributed by atoms with E-state index in [4.69, 9.17) is 4.74 Å². The first kappa shape index (κ1) is 11.5. The third-order valence-corrected chi connectivity index (χ3v) is 2.59. The monoisotopic (exact) mass is 199 g/mol. The summed E-state index contributed by atoms with van der Waals surface area (Å²) in [6.07, 6.45) is 3.62. The summed E-state index contributed by atoms with van der Waals surface area (Å²) < 4.78 is 5.50. The van der Waals surface area contributed by atoms with Crippen LogP contribution < -0.4 is 5.43 Å². The topological polar surface area (TPSA) is 27.7 Å². The lowest BCUT2D eigenvalue weighted by Crippen LogP contribution is -2.56. The Balaban J connectivity index is 2.84. The SMILES string of the molecule is CNN1C=C(C)C[C@@H](OC)[C@@H]1N(C)C. The van der Waals surface area contributed by atoms with Crippen molar-refractivity contribution in [1.82, 2.24) is 15.3 Å². The molecule has 0 aromatic heterocycles. The zero-order valence-corrected chi connectivity index (χ0v) is 9.74. The predicted octanol–water partition coefficient (Wildman–Crippen LogP) is 0.633. The lowest BCUT2D eigenvalue weighted by atomic mass is 10.0. The molecule has 0 aliphatic carbocycles. The minimum atomic E-state index is 0.224. The van der Waals surface area contributed by atoms with E-state index in [1.165, 1.54) is 5.57 Å². The van der Waals surface area contributed by atoms with Crippen LogP contribution in [0.1, 0.15) is 13.3 Å². The van der Waals surface area contributed by atoms with Gasteiger partial charge in [-0.2, -0.15) is 0 Å². The molecule has 0 saturated heterocycles. The molecule has 1 heterocycles. The Morgan fingerprint density at radius 1 is 1.57 bits per heavy atom. The number of nitrogens with one attached hydrogen (secondary N) is 1. The zero-order valence-electron chi connectivity index (χ0n) is 9.74. The molecular formula is C10H21N3O. The van der Waals surface area contributed by atoms with E-state index in [1.807, 2.05) is 7.05 Å². The Kier molecular flexibility index (Phi) is 3.92. The highest BCUT2D eigenvalue weighted by Crippen LogP contribution is 2.22. The first-order chi connectivity index (χ1) is 6.60. The summed E-state index contributed by atoms with van der Waals surface area (Å²) >= 11 is 0. The summed E-state index contributed by atoms with van der Waals surface area (Å²) in [5.41, 5.74) is 4.50. The third kappa shape index (κ3) is 2.26. The fourth-order valence-corrected chi connectivity index (χ4v) is 1.95. The van der Waals surface area contributed by atoms with Crippen molar-refractivity contribution in [3.05, 3.63) is 11.8 Å².